The molecule has 122 valence electrons. The molecule has 0 aromatic heterocycles. The van der Waals surface area contributed by atoms with Crippen molar-refractivity contribution in [1.29, 1.82) is 0 Å². The van der Waals surface area contributed by atoms with Gasteiger partial charge in [-0.25, -0.2) is 4.79 Å². The minimum Gasteiger partial charge on any atom is -0.468 e. The number of carbonyl (C=O) groups is 1. The molecule has 2 rings (SSSR count). The van der Waals surface area contributed by atoms with Gasteiger partial charge in [0.1, 0.15) is 5.54 Å². The van der Waals surface area contributed by atoms with Crippen molar-refractivity contribution in [2.45, 2.75) is 77.0 Å². The summed E-state index contributed by atoms with van der Waals surface area (Å²) in [6, 6.07) is 0.235. The van der Waals surface area contributed by atoms with E-state index < -0.39 is 5.54 Å². The Morgan fingerprint density at radius 2 is 2.00 bits per heavy atom. The van der Waals surface area contributed by atoms with Crippen LogP contribution in [0.2, 0.25) is 0 Å². The van der Waals surface area contributed by atoms with Gasteiger partial charge in [0.25, 0.3) is 0 Å². The van der Waals surface area contributed by atoms with Crippen molar-refractivity contribution in [2.75, 3.05) is 13.7 Å². The van der Waals surface area contributed by atoms with Gasteiger partial charge in [-0.1, -0.05) is 19.8 Å². The van der Waals surface area contributed by atoms with E-state index >= 15 is 0 Å². The van der Waals surface area contributed by atoms with Crippen molar-refractivity contribution in [3.05, 3.63) is 0 Å². The maximum atomic E-state index is 12.4. The minimum absolute atomic E-state index is 0.164. The second kappa shape index (κ2) is 7.10. The first-order chi connectivity index (χ1) is 9.98. The van der Waals surface area contributed by atoms with E-state index in [9.17, 15) is 4.79 Å². The molecule has 0 bridgehead atoms. The number of carbonyl (C=O) groups excluding carboxylic acids is 1. The Morgan fingerprint density at radius 3 is 2.52 bits per heavy atom. The van der Waals surface area contributed by atoms with Crippen molar-refractivity contribution >= 4 is 5.97 Å². The molecule has 4 heteroatoms. The lowest BCUT2D eigenvalue weighted by Crippen LogP contribution is -2.60. The zero-order valence-corrected chi connectivity index (χ0v) is 14.0. The van der Waals surface area contributed by atoms with Gasteiger partial charge in [-0.15, -0.1) is 0 Å². The quantitative estimate of drug-likeness (QED) is 0.734. The van der Waals surface area contributed by atoms with Crippen LogP contribution in [0.5, 0.6) is 0 Å². The predicted octanol–water partition coefficient (Wildman–Crippen LogP) is 2.90. The third-order valence-electron chi connectivity index (χ3n) is 4.81. The molecule has 0 spiro atoms. The van der Waals surface area contributed by atoms with Crippen molar-refractivity contribution in [3.63, 3.8) is 0 Å². The standard InChI is InChI=1S/C17H31NO3/c1-12(2)18-17(14-8-9-14,16(19)20-4)11-21-15-7-5-6-13(3)10-15/h12-15,18H,5-11H2,1-4H3. The Hall–Kier alpha value is -0.610. The average molecular weight is 297 g/mol. The van der Waals surface area contributed by atoms with Gasteiger partial charge in [-0.05, 0) is 51.4 Å². The van der Waals surface area contributed by atoms with Crippen LogP contribution in [0.15, 0.2) is 0 Å². The number of nitrogens with one attached hydrogen (secondary N) is 1. The first-order valence-corrected chi connectivity index (χ1v) is 8.45. The van der Waals surface area contributed by atoms with Gasteiger partial charge < -0.3 is 9.47 Å². The lowest BCUT2D eigenvalue weighted by Gasteiger charge is -2.36. The molecule has 0 heterocycles. The normalized spacial score (nSPS) is 29.2. The highest BCUT2D eigenvalue weighted by molar-refractivity contribution is 5.82. The third kappa shape index (κ3) is 4.19. The monoisotopic (exact) mass is 297 g/mol. The van der Waals surface area contributed by atoms with Crippen LogP contribution < -0.4 is 5.32 Å². The molecule has 0 aromatic carbocycles. The molecule has 2 aliphatic carbocycles. The molecule has 0 aromatic rings. The van der Waals surface area contributed by atoms with E-state index in [2.05, 4.69) is 26.1 Å². The Morgan fingerprint density at radius 1 is 1.29 bits per heavy atom. The largest absolute Gasteiger partial charge is 0.468 e. The highest BCUT2D eigenvalue weighted by Gasteiger charge is 2.52. The molecule has 3 unspecified atom stereocenters. The van der Waals surface area contributed by atoms with Crippen LogP contribution in [0, 0.1) is 11.8 Å². The molecule has 0 aliphatic heterocycles. The van der Waals surface area contributed by atoms with Crippen molar-refractivity contribution in [2.24, 2.45) is 11.8 Å². The SMILES string of the molecule is COC(=O)C(COC1CCCC(C)C1)(NC(C)C)C1CC1. The van der Waals surface area contributed by atoms with Gasteiger partial charge in [0.05, 0.1) is 19.8 Å². The Kier molecular flexibility index (Phi) is 5.67. The molecule has 2 saturated carbocycles. The summed E-state index contributed by atoms with van der Waals surface area (Å²) >= 11 is 0. The molecule has 21 heavy (non-hydrogen) atoms. The average Bonchev–Trinajstić information content (AvgIpc) is 3.27. The highest BCUT2D eigenvalue weighted by atomic mass is 16.5. The summed E-state index contributed by atoms with van der Waals surface area (Å²) in [5.41, 5.74) is -0.649. The number of hydrogen-bond donors (Lipinski definition) is 1. The zero-order valence-electron chi connectivity index (χ0n) is 14.0. The van der Waals surface area contributed by atoms with Crippen LogP contribution in [-0.2, 0) is 14.3 Å². The Balaban J connectivity index is 2.02. The Bertz CT molecular complexity index is 354. The summed E-state index contributed by atoms with van der Waals surface area (Å²) in [6.45, 7) is 6.88. The van der Waals surface area contributed by atoms with Gasteiger partial charge in [-0.2, -0.15) is 0 Å². The first-order valence-electron chi connectivity index (χ1n) is 8.45. The molecule has 3 atom stereocenters. The molecule has 0 saturated heterocycles. The first kappa shape index (κ1) is 16.8. The van der Waals surface area contributed by atoms with Crippen LogP contribution in [0.25, 0.3) is 0 Å². The van der Waals surface area contributed by atoms with Gasteiger partial charge in [-0.3, -0.25) is 5.32 Å². The van der Waals surface area contributed by atoms with Gasteiger partial charge >= 0.3 is 5.97 Å². The maximum absolute atomic E-state index is 12.4. The summed E-state index contributed by atoms with van der Waals surface area (Å²) in [7, 11) is 1.48. The summed E-state index contributed by atoms with van der Waals surface area (Å²) in [6.07, 6.45) is 7.23. The number of methoxy groups -OCH3 is 1. The minimum atomic E-state index is -0.649. The molecular weight excluding hydrogens is 266 g/mol. The highest BCUT2D eigenvalue weighted by Crippen LogP contribution is 2.41. The fourth-order valence-corrected chi connectivity index (χ4v) is 3.61. The Labute approximate surface area is 129 Å². The fraction of sp³-hybridized carbons (Fsp3) is 0.941. The van der Waals surface area contributed by atoms with Crippen LogP contribution >= 0.6 is 0 Å². The summed E-state index contributed by atoms with van der Waals surface area (Å²) < 4.78 is 11.3. The molecule has 2 aliphatic rings. The van der Waals surface area contributed by atoms with E-state index in [1.807, 2.05) is 0 Å². The van der Waals surface area contributed by atoms with E-state index in [0.717, 1.165) is 31.6 Å². The molecule has 0 radical (unpaired) electrons. The van der Waals surface area contributed by atoms with Crippen LogP contribution in [0.1, 0.15) is 59.3 Å². The molecular formula is C17H31NO3. The van der Waals surface area contributed by atoms with Gasteiger partial charge in [0, 0.05) is 6.04 Å². The number of hydrogen-bond acceptors (Lipinski definition) is 4. The van der Waals surface area contributed by atoms with E-state index in [1.165, 1.54) is 20.0 Å². The van der Waals surface area contributed by atoms with Gasteiger partial charge in [0.15, 0.2) is 0 Å². The lowest BCUT2D eigenvalue weighted by molar-refractivity contribution is -0.155. The predicted molar refractivity (Wildman–Crippen MR) is 83.1 cm³/mol. The number of esters is 1. The number of rotatable bonds is 7. The van der Waals surface area contributed by atoms with Crippen molar-refractivity contribution in [3.8, 4) is 0 Å². The topological polar surface area (TPSA) is 47.6 Å². The van der Waals surface area contributed by atoms with Crippen LogP contribution in [-0.4, -0.2) is 37.4 Å². The molecule has 0 amide bonds. The molecule has 4 nitrogen and oxygen atoms in total. The smallest absolute Gasteiger partial charge is 0.328 e. The van der Waals surface area contributed by atoms with Crippen LogP contribution in [0.4, 0.5) is 0 Å². The molecule has 2 fully saturated rings. The lowest BCUT2D eigenvalue weighted by atomic mass is 9.88. The van der Waals surface area contributed by atoms with E-state index in [-0.39, 0.29) is 12.0 Å². The second-order valence-electron chi connectivity index (χ2n) is 7.24. The van der Waals surface area contributed by atoms with Crippen molar-refractivity contribution in [1.82, 2.24) is 5.32 Å². The number of ether oxygens (including phenoxy) is 2. The third-order valence-corrected chi connectivity index (χ3v) is 4.81. The maximum Gasteiger partial charge on any atom is 0.328 e. The van der Waals surface area contributed by atoms with Crippen LogP contribution in [0.3, 0.4) is 0 Å². The van der Waals surface area contributed by atoms with Gasteiger partial charge in [0.2, 0.25) is 0 Å². The summed E-state index contributed by atoms with van der Waals surface area (Å²) in [5, 5.41) is 3.46. The van der Waals surface area contributed by atoms with E-state index in [1.54, 1.807) is 0 Å². The van der Waals surface area contributed by atoms with E-state index in [4.69, 9.17) is 9.47 Å². The summed E-state index contributed by atoms with van der Waals surface area (Å²) in [5.74, 6) is 0.922. The summed E-state index contributed by atoms with van der Waals surface area (Å²) in [4.78, 5) is 12.4. The fourth-order valence-electron chi connectivity index (χ4n) is 3.61. The zero-order chi connectivity index (χ0) is 15.5. The van der Waals surface area contributed by atoms with E-state index in [0.29, 0.717) is 18.6 Å². The van der Waals surface area contributed by atoms with Crippen molar-refractivity contribution < 1.29 is 14.3 Å². The molecule has 1 N–H and O–H groups in total. The second-order valence-corrected chi connectivity index (χ2v) is 7.24.